The summed E-state index contributed by atoms with van der Waals surface area (Å²) >= 11 is 0. The lowest BCUT2D eigenvalue weighted by Gasteiger charge is -2.21. The van der Waals surface area contributed by atoms with Crippen molar-refractivity contribution < 1.29 is 14.6 Å². The quantitative estimate of drug-likeness (QED) is 0.720. The predicted molar refractivity (Wildman–Crippen MR) is 60.8 cm³/mol. The average Bonchev–Trinajstić information content (AvgIpc) is 2.25. The molecule has 1 rings (SSSR count). The molecule has 0 amide bonds. The molecule has 0 bridgehead atoms. The van der Waals surface area contributed by atoms with E-state index < -0.39 is 5.82 Å². The minimum Gasteiger partial charge on any atom is -0.508 e. The Morgan fingerprint density at radius 2 is 2.12 bits per heavy atom. The number of halogens is 1. The summed E-state index contributed by atoms with van der Waals surface area (Å²) in [6.07, 6.45) is 0.794. The maximum absolute atomic E-state index is 12.8. The summed E-state index contributed by atoms with van der Waals surface area (Å²) in [5.74, 6) is -0.518. The molecule has 3 N–H and O–H groups in total. The van der Waals surface area contributed by atoms with Crippen LogP contribution in [0, 0.1) is 5.82 Å². The van der Waals surface area contributed by atoms with Gasteiger partial charge in [0.2, 0.25) is 0 Å². The first-order valence-corrected chi connectivity index (χ1v) is 5.43. The maximum Gasteiger partial charge on any atom is 0.126 e. The van der Waals surface area contributed by atoms with Crippen LogP contribution in [-0.4, -0.2) is 22.9 Å². The monoisotopic (exact) mass is 227 g/mol. The fourth-order valence-electron chi connectivity index (χ4n) is 1.63. The molecule has 0 aliphatic rings. The molecule has 0 heterocycles. The van der Waals surface area contributed by atoms with Gasteiger partial charge in [-0.05, 0) is 19.4 Å². The van der Waals surface area contributed by atoms with Gasteiger partial charge in [-0.25, -0.2) is 4.39 Å². The van der Waals surface area contributed by atoms with Gasteiger partial charge in [0.25, 0.3) is 0 Å². The van der Waals surface area contributed by atoms with Crippen LogP contribution in [0.25, 0.3) is 0 Å². The van der Waals surface area contributed by atoms with Crippen LogP contribution in [0.15, 0.2) is 18.2 Å². The molecule has 0 aromatic heterocycles. The number of nitrogens with one attached hydrogen (secondary N) is 1. The lowest BCUT2D eigenvalue weighted by molar-refractivity contribution is 0.229. The van der Waals surface area contributed by atoms with E-state index >= 15 is 0 Å². The molecule has 0 saturated carbocycles. The topological polar surface area (TPSA) is 52.5 Å². The van der Waals surface area contributed by atoms with Crippen molar-refractivity contribution in [1.82, 2.24) is 5.32 Å². The number of hydrogen-bond acceptors (Lipinski definition) is 3. The first kappa shape index (κ1) is 12.9. The zero-order valence-electron chi connectivity index (χ0n) is 9.57. The van der Waals surface area contributed by atoms with Crippen molar-refractivity contribution in [2.24, 2.45) is 0 Å². The van der Waals surface area contributed by atoms with E-state index in [1.54, 1.807) is 6.07 Å². The summed E-state index contributed by atoms with van der Waals surface area (Å²) in [4.78, 5) is 0. The number of aliphatic hydroxyl groups excluding tert-OH is 1. The first-order valence-electron chi connectivity index (χ1n) is 5.43. The number of aromatic hydroxyl groups is 1. The SMILES string of the molecule is CCC(CO)NC(C)c1ccc(F)cc1O. The van der Waals surface area contributed by atoms with Gasteiger partial charge in [-0.15, -0.1) is 0 Å². The normalized spacial score (nSPS) is 14.8. The molecule has 0 spiro atoms. The van der Waals surface area contributed by atoms with Gasteiger partial charge in [-0.1, -0.05) is 13.0 Å². The van der Waals surface area contributed by atoms with E-state index in [0.717, 1.165) is 12.5 Å². The largest absolute Gasteiger partial charge is 0.508 e. The average molecular weight is 227 g/mol. The predicted octanol–water partition coefficient (Wildman–Crippen LogP) is 1.95. The number of hydrogen-bond donors (Lipinski definition) is 3. The Morgan fingerprint density at radius 1 is 1.44 bits per heavy atom. The number of benzene rings is 1. The van der Waals surface area contributed by atoms with Gasteiger partial charge in [0.1, 0.15) is 11.6 Å². The zero-order chi connectivity index (χ0) is 12.1. The van der Waals surface area contributed by atoms with Gasteiger partial charge in [0.15, 0.2) is 0 Å². The summed E-state index contributed by atoms with van der Waals surface area (Å²) in [5, 5.41) is 21.8. The summed E-state index contributed by atoms with van der Waals surface area (Å²) in [6, 6.07) is 3.81. The van der Waals surface area contributed by atoms with E-state index in [2.05, 4.69) is 5.32 Å². The molecule has 0 aliphatic carbocycles. The minimum atomic E-state index is -0.456. The highest BCUT2D eigenvalue weighted by atomic mass is 19.1. The fourth-order valence-corrected chi connectivity index (χ4v) is 1.63. The van der Waals surface area contributed by atoms with Crippen LogP contribution >= 0.6 is 0 Å². The number of aliphatic hydroxyl groups is 1. The first-order chi connectivity index (χ1) is 7.58. The highest BCUT2D eigenvalue weighted by molar-refractivity contribution is 5.34. The summed E-state index contributed by atoms with van der Waals surface area (Å²) in [7, 11) is 0. The molecule has 1 aromatic rings. The number of phenols is 1. The van der Waals surface area contributed by atoms with Gasteiger partial charge in [-0.2, -0.15) is 0 Å². The van der Waals surface area contributed by atoms with Crippen molar-refractivity contribution in [3.8, 4) is 5.75 Å². The van der Waals surface area contributed by atoms with Gasteiger partial charge in [-0.3, -0.25) is 0 Å². The second-order valence-electron chi connectivity index (χ2n) is 3.88. The smallest absolute Gasteiger partial charge is 0.126 e. The van der Waals surface area contributed by atoms with Gasteiger partial charge >= 0.3 is 0 Å². The Bertz CT molecular complexity index is 340. The van der Waals surface area contributed by atoms with Crippen LogP contribution in [0.2, 0.25) is 0 Å². The van der Waals surface area contributed by atoms with Crippen LogP contribution < -0.4 is 5.32 Å². The maximum atomic E-state index is 12.8. The Kier molecular flexibility index (Phi) is 4.71. The molecule has 1 aromatic carbocycles. The van der Waals surface area contributed by atoms with Crippen molar-refractivity contribution in [3.05, 3.63) is 29.6 Å². The Labute approximate surface area is 94.9 Å². The van der Waals surface area contributed by atoms with Gasteiger partial charge in [0, 0.05) is 23.7 Å². The Morgan fingerprint density at radius 3 is 2.62 bits per heavy atom. The second-order valence-corrected chi connectivity index (χ2v) is 3.88. The van der Waals surface area contributed by atoms with Crippen molar-refractivity contribution in [1.29, 1.82) is 0 Å². The zero-order valence-corrected chi connectivity index (χ0v) is 9.57. The highest BCUT2D eigenvalue weighted by Crippen LogP contribution is 2.25. The lowest BCUT2D eigenvalue weighted by Crippen LogP contribution is -2.33. The third kappa shape index (κ3) is 3.18. The van der Waals surface area contributed by atoms with E-state index in [1.807, 2.05) is 13.8 Å². The second kappa shape index (κ2) is 5.82. The number of phenolic OH excluding ortho intramolecular Hbond substituents is 1. The summed E-state index contributed by atoms with van der Waals surface area (Å²) in [5.41, 5.74) is 0.633. The van der Waals surface area contributed by atoms with Crippen LogP contribution in [0.4, 0.5) is 4.39 Å². The third-order valence-electron chi connectivity index (χ3n) is 2.66. The molecular weight excluding hydrogens is 209 g/mol. The van der Waals surface area contributed by atoms with Crippen LogP contribution in [-0.2, 0) is 0 Å². The summed E-state index contributed by atoms with van der Waals surface area (Å²) in [6.45, 7) is 3.87. The van der Waals surface area contributed by atoms with E-state index in [1.165, 1.54) is 6.07 Å². The van der Waals surface area contributed by atoms with Gasteiger partial charge < -0.3 is 15.5 Å². The molecule has 0 aliphatic heterocycles. The molecule has 2 atom stereocenters. The molecule has 0 radical (unpaired) electrons. The summed E-state index contributed by atoms with van der Waals surface area (Å²) < 4.78 is 12.8. The van der Waals surface area contributed by atoms with Crippen LogP contribution in [0.5, 0.6) is 5.75 Å². The lowest BCUT2D eigenvalue weighted by atomic mass is 10.1. The minimum absolute atomic E-state index is 0.0144. The van der Waals surface area contributed by atoms with Crippen molar-refractivity contribution in [3.63, 3.8) is 0 Å². The molecular formula is C12H18FNO2. The van der Waals surface area contributed by atoms with Gasteiger partial charge in [0.05, 0.1) is 6.61 Å². The van der Waals surface area contributed by atoms with E-state index in [9.17, 15) is 9.50 Å². The van der Waals surface area contributed by atoms with Crippen molar-refractivity contribution in [2.75, 3.05) is 6.61 Å². The Balaban J connectivity index is 2.76. The molecule has 3 nitrogen and oxygen atoms in total. The molecule has 4 heteroatoms. The molecule has 90 valence electrons. The number of rotatable bonds is 5. The van der Waals surface area contributed by atoms with E-state index in [4.69, 9.17) is 5.11 Å². The standard InChI is InChI=1S/C12H18FNO2/c1-3-10(7-15)14-8(2)11-5-4-9(13)6-12(11)16/h4-6,8,10,14-16H,3,7H2,1-2H3. The Hall–Kier alpha value is -1.13. The van der Waals surface area contributed by atoms with Crippen molar-refractivity contribution >= 4 is 0 Å². The molecule has 16 heavy (non-hydrogen) atoms. The van der Waals surface area contributed by atoms with E-state index in [-0.39, 0.29) is 24.4 Å². The third-order valence-corrected chi connectivity index (χ3v) is 2.66. The fraction of sp³-hybridized carbons (Fsp3) is 0.500. The highest BCUT2D eigenvalue weighted by Gasteiger charge is 2.14. The van der Waals surface area contributed by atoms with Crippen molar-refractivity contribution in [2.45, 2.75) is 32.4 Å². The molecule has 0 fully saturated rings. The van der Waals surface area contributed by atoms with Crippen LogP contribution in [0.1, 0.15) is 31.9 Å². The molecule has 0 saturated heterocycles. The molecule has 2 unspecified atom stereocenters. The van der Waals surface area contributed by atoms with E-state index in [0.29, 0.717) is 5.56 Å². The van der Waals surface area contributed by atoms with Crippen LogP contribution in [0.3, 0.4) is 0 Å².